The molecular weight excluding hydrogens is 387 g/mol. The molecule has 2 rings (SSSR count). The molecule has 0 spiro atoms. The van der Waals surface area contributed by atoms with Crippen LogP contribution in [-0.2, 0) is 6.18 Å². The van der Waals surface area contributed by atoms with Gasteiger partial charge < -0.3 is 9.64 Å². The van der Waals surface area contributed by atoms with E-state index in [4.69, 9.17) is 16.3 Å². The molecule has 0 fully saturated rings. The largest absolute Gasteiger partial charge is 0.433 e. The summed E-state index contributed by atoms with van der Waals surface area (Å²) in [6.07, 6.45) is -4.59. The Morgan fingerprint density at radius 3 is 2.41 bits per heavy atom. The Labute approximate surface area is 138 Å². The van der Waals surface area contributed by atoms with Gasteiger partial charge in [0.25, 0.3) is 0 Å². The molecule has 118 valence electrons. The van der Waals surface area contributed by atoms with Crippen molar-refractivity contribution in [3.8, 4) is 11.8 Å². The second-order valence-electron chi connectivity index (χ2n) is 4.46. The third-order valence-corrected chi connectivity index (χ3v) is 3.39. The Hall–Kier alpha value is -1.54. The van der Waals surface area contributed by atoms with Gasteiger partial charge in [0.2, 0.25) is 0 Å². The number of halogens is 5. The van der Waals surface area contributed by atoms with Gasteiger partial charge in [-0.05, 0) is 34.1 Å². The minimum absolute atomic E-state index is 0.0856. The molecule has 1 aromatic carbocycles. The fraction of sp³-hybridized carbons (Fsp3) is 0.231. The molecule has 0 unspecified atom stereocenters. The van der Waals surface area contributed by atoms with Crippen molar-refractivity contribution in [2.24, 2.45) is 0 Å². The molecule has 1 heterocycles. The first-order valence-electron chi connectivity index (χ1n) is 5.93. The van der Waals surface area contributed by atoms with Gasteiger partial charge in [0.1, 0.15) is 11.6 Å². The van der Waals surface area contributed by atoms with Crippen molar-refractivity contribution in [1.82, 2.24) is 9.97 Å². The van der Waals surface area contributed by atoms with Gasteiger partial charge in [0, 0.05) is 25.2 Å². The van der Waals surface area contributed by atoms with Crippen molar-refractivity contribution in [3.63, 3.8) is 0 Å². The van der Waals surface area contributed by atoms with Crippen LogP contribution in [0.1, 0.15) is 5.69 Å². The van der Waals surface area contributed by atoms with Crippen LogP contribution in [0.5, 0.6) is 11.8 Å². The fourth-order valence-corrected chi connectivity index (χ4v) is 2.25. The summed E-state index contributed by atoms with van der Waals surface area (Å²) in [6, 6.07) is 5.05. The molecule has 22 heavy (non-hydrogen) atoms. The van der Waals surface area contributed by atoms with Gasteiger partial charge in [-0.2, -0.15) is 23.1 Å². The lowest BCUT2D eigenvalue weighted by Gasteiger charge is -2.15. The zero-order valence-corrected chi connectivity index (χ0v) is 13.8. The normalized spacial score (nSPS) is 11.4. The minimum Gasteiger partial charge on any atom is -0.423 e. The van der Waals surface area contributed by atoms with Crippen LogP contribution in [0, 0.1) is 0 Å². The van der Waals surface area contributed by atoms with Crippen molar-refractivity contribution in [2.75, 3.05) is 19.0 Å². The summed E-state index contributed by atoms with van der Waals surface area (Å²) >= 11 is 9.01. The Morgan fingerprint density at radius 1 is 1.18 bits per heavy atom. The van der Waals surface area contributed by atoms with Crippen molar-refractivity contribution in [2.45, 2.75) is 6.18 Å². The highest BCUT2D eigenvalue weighted by Gasteiger charge is 2.34. The molecule has 0 radical (unpaired) electrons. The molecule has 0 atom stereocenters. The average molecular weight is 397 g/mol. The number of hydrogen-bond donors (Lipinski definition) is 0. The van der Waals surface area contributed by atoms with Crippen LogP contribution in [0.2, 0.25) is 5.02 Å². The van der Waals surface area contributed by atoms with Crippen molar-refractivity contribution < 1.29 is 17.9 Å². The first kappa shape index (κ1) is 16.8. The van der Waals surface area contributed by atoms with Crippen LogP contribution in [0.25, 0.3) is 0 Å². The number of nitrogens with zero attached hydrogens (tertiary/aromatic N) is 3. The standard InChI is InChI=1S/C13H10BrClF3N3O/c1-21(2)11-6-10(13(16,17)18)19-12(20-11)22-9-4-3-7(15)5-8(9)14/h3-6H,1-2H3. The highest BCUT2D eigenvalue weighted by molar-refractivity contribution is 9.10. The summed E-state index contributed by atoms with van der Waals surface area (Å²) in [6.45, 7) is 0. The number of alkyl halides is 3. The zero-order valence-electron chi connectivity index (χ0n) is 11.4. The molecular formula is C13H10BrClF3N3O. The van der Waals surface area contributed by atoms with E-state index in [0.29, 0.717) is 9.50 Å². The van der Waals surface area contributed by atoms with Crippen LogP contribution >= 0.6 is 27.5 Å². The average Bonchev–Trinajstić information content (AvgIpc) is 2.40. The van der Waals surface area contributed by atoms with E-state index >= 15 is 0 Å². The highest BCUT2D eigenvalue weighted by Crippen LogP contribution is 2.34. The van der Waals surface area contributed by atoms with Gasteiger partial charge in [-0.1, -0.05) is 11.6 Å². The Balaban J connectivity index is 2.43. The SMILES string of the molecule is CN(C)c1cc(C(F)(F)F)nc(Oc2ccc(Cl)cc2Br)n1. The number of anilines is 1. The Bertz CT molecular complexity index is 695. The van der Waals surface area contributed by atoms with E-state index in [1.54, 1.807) is 26.2 Å². The van der Waals surface area contributed by atoms with E-state index in [0.717, 1.165) is 6.07 Å². The molecule has 0 aliphatic carbocycles. The summed E-state index contributed by atoms with van der Waals surface area (Å²) in [5.41, 5.74) is -1.08. The van der Waals surface area contributed by atoms with Gasteiger partial charge in [-0.15, -0.1) is 0 Å². The number of hydrogen-bond acceptors (Lipinski definition) is 4. The van der Waals surface area contributed by atoms with Crippen LogP contribution in [0.3, 0.4) is 0 Å². The minimum atomic E-state index is -4.59. The van der Waals surface area contributed by atoms with E-state index in [1.165, 1.54) is 11.0 Å². The van der Waals surface area contributed by atoms with Crippen molar-refractivity contribution >= 4 is 33.3 Å². The second-order valence-corrected chi connectivity index (χ2v) is 5.75. The number of ether oxygens (including phenoxy) is 1. The van der Waals surface area contributed by atoms with Gasteiger partial charge in [-0.25, -0.2) is 0 Å². The number of rotatable bonds is 3. The fourth-order valence-electron chi connectivity index (χ4n) is 1.49. The third kappa shape index (κ3) is 4.01. The summed E-state index contributed by atoms with van der Waals surface area (Å²) in [5.74, 6) is 0.343. The Morgan fingerprint density at radius 2 is 1.86 bits per heavy atom. The predicted octanol–water partition coefficient (Wildman–Crippen LogP) is 4.77. The summed E-state index contributed by atoms with van der Waals surface area (Å²) in [5, 5.41) is 0.457. The lowest BCUT2D eigenvalue weighted by Crippen LogP contribution is -2.16. The smallest absolute Gasteiger partial charge is 0.423 e. The summed E-state index contributed by atoms with van der Waals surface area (Å²) in [7, 11) is 3.15. The van der Waals surface area contributed by atoms with E-state index in [1.807, 2.05) is 0 Å². The van der Waals surface area contributed by atoms with Crippen molar-refractivity contribution in [1.29, 1.82) is 0 Å². The van der Waals surface area contributed by atoms with E-state index in [-0.39, 0.29) is 11.6 Å². The molecule has 0 aliphatic rings. The second kappa shape index (κ2) is 6.29. The van der Waals surface area contributed by atoms with Crippen LogP contribution < -0.4 is 9.64 Å². The van der Waals surface area contributed by atoms with Crippen molar-refractivity contribution in [3.05, 3.63) is 39.5 Å². The molecule has 0 amide bonds. The van der Waals surface area contributed by atoms with Crippen LogP contribution in [0.15, 0.2) is 28.7 Å². The third-order valence-electron chi connectivity index (χ3n) is 2.54. The molecule has 0 N–H and O–H groups in total. The van der Waals surface area contributed by atoms with Gasteiger partial charge in [0.05, 0.1) is 4.47 Å². The molecule has 0 saturated heterocycles. The summed E-state index contributed by atoms with van der Waals surface area (Å²) in [4.78, 5) is 8.78. The van der Waals surface area contributed by atoms with Crippen LogP contribution in [-0.4, -0.2) is 24.1 Å². The molecule has 2 aromatic rings. The topological polar surface area (TPSA) is 38.2 Å². The number of aromatic nitrogens is 2. The highest BCUT2D eigenvalue weighted by atomic mass is 79.9. The first-order chi connectivity index (χ1) is 10.2. The molecule has 0 bridgehead atoms. The maximum atomic E-state index is 12.9. The van der Waals surface area contributed by atoms with Gasteiger partial charge in [0.15, 0.2) is 5.69 Å². The van der Waals surface area contributed by atoms with Gasteiger partial charge >= 0.3 is 12.2 Å². The molecule has 0 aliphatic heterocycles. The maximum absolute atomic E-state index is 12.9. The molecule has 1 aromatic heterocycles. The molecule has 0 saturated carbocycles. The molecule has 9 heteroatoms. The Kier molecular flexibility index (Phi) is 4.81. The van der Waals surface area contributed by atoms with Gasteiger partial charge in [-0.3, -0.25) is 0 Å². The van der Waals surface area contributed by atoms with E-state index < -0.39 is 17.9 Å². The van der Waals surface area contributed by atoms with Crippen LogP contribution in [0.4, 0.5) is 19.0 Å². The first-order valence-corrected chi connectivity index (χ1v) is 7.10. The maximum Gasteiger partial charge on any atom is 0.433 e. The summed E-state index contributed by atoms with van der Waals surface area (Å²) < 4.78 is 44.5. The number of benzene rings is 1. The predicted molar refractivity (Wildman–Crippen MR) is 80.6 cm³/mol. The van der Waals surface area contributed by atoms with E-state index in [9.17, 15) is 13.2 Å². The van der Waals surface area contributed by atoms with E-state index in [2.05, 4.69) is 25.9 Å². The lowest BCUT2D eigenvalue weighted by molar-refractivity contribution is -0.141. The zero-order chi connectivity index (χ0) is 16.5. The quantitative estimate of drug-likeness (QED) is 0.749. The lowest BCUT2D eigenvalue weighted by atomic mass is 10.3. The molecule has 4 nitrogen and oxygen atoms in total. The monoisotopic (exact) mass is 395 g/mol.